The molecule has 1 N–H and O–H groups in total. The minimum Gasteiger partial charge on any atom is -0.480 e. The Balaban J connectivity index is 2.05. The molecule has 0 unspecified atom stereocenters. The molecule has 1 aliphatic heterocycles. The maximum Gasteiger partial charge on any atom is 0.320 e. The zero-order valence-corrected chi connectivity index (χ0v) is 10.2. The Morgan fingerprint density at radius 3 is 2.71 bits per heavy atom. The largest absolute Gasteiger partial charge is 0.480 e. The van der Waals surface area contributed by atoms with E-state index in [2.05, 4.69) is 36.1 Å². The lowest BCUT2D eigenvalue weighted by molar-refractivity contribution is -0.144. The van der Waals surface area contributed by atoms with E-state index in [1.54, 1.807) is 0 Å². The Kier molecular flexibility index (Phi) is 3.79. The summed E-state index contributed by atoms with van der Waals surface area (Å²) in [6, 6.07) is 8.03. The second-order valence-electron chi connectivity index (χ2n) is 4.81. The van der Waals surface area contributed by atoms with Gasteiger partial charge in [-0.05, 0) is 31.9 Å². The fraction of sp³-hybridized carbons (Fsp3) is 0.500. The summed E-state index contributed by atoms with van der Waals surface area (Å²) in [7, 11) is 0. The maximum absolute atomic E-state index is 11.2. The second-order valence-corrected chi connectivity index (χ2v) is 4.81. The summed E-state index contributed by atoms with van der Waals surface area (Å²) in [6.45, 7) is 3.70. The normalized spacial score (nSPS) is 21.4. The molecule has 2 rings (SSSR count). The van der Waals surface area contributed by atoms with Crippen LogP contribution in [0.3, 0.4) is 0 Å². The van der Waals surface area contributed by atoms with E-state index >= 15 is 0 Å². The number of nitrogens with zero attached hydrogens (tertiary/aromatic N) is 1. The number of piperidine rings is 1. The minimum absolute atomic E-state index is 0.301. The summed E-state index contributed by atoms with van der Waals surface area (Å²) in [6.07, 6.45) is 2.91. The highest BCUT2D eigenvalue weighted by atomic mass is 16.4. The van der Waals surface area contributed by atoms with Crippen LogP contribution in [0.1, 0.15) is 30.4 Å². The summed E-state index contributed by atoms with van der Waals surface area (Å²) < 4.78 is 0. The average Bonchev–Trinajstić information content (AvgIpc) is 2.32. The molecule has 1 heterocycles. The quantitative estimate of drug-likeness (QED) is 0.871. The molecule has 1 aliphatic rings. The number of rotatable bonds is 3. The zero-order valence-electron chi connectivity index (χ0n) is 10.2. The highest BCUT2D eigenvalue weighted by Gasteiger charge is 2.27. The molecule has 1 aromatic carbocycles. The van der Waals surface area contributed by atoms with Gasteiger partial charge in [-0.2, -0.15) is 0 Å². The van der Waals surface area contributed by atoms with Crippen LogP contribution in [-0.2, 0) is 11.3 Å². The third kappa shape index (κ3) is 3.07. The van der Waals surface area contributed by atoms with Crippen LogP contribution in [0.4, 0.5) is 0 Å². The SMILES string of the molecule is Cc1ccc(CN2CCCC[C@@H]2C(=O)O)cc1. The van der Waals surface area contributed by atoms with Gasteiger partial charge in [-0.25, -0.2) is 0 Å². The molecule has 17 heavy (non-hydrogen) atoms. The van der Waals surface area contributed by atoms with Crippen molar-refractivity contribution >= 4 is 5.97 Å². The van der Waals surface area contributed by atoms with Crippen LogP contribution in [0.5, 0.6) is 0 Å². The van der Waals surface area contributed by atoms with Crippen molar-refractivity contribution in [2.75, 3.05) is 6.54 Å². The van der Waals surface area contributed by atoms with E-state index in [0.29, 0.717) is 0 Å². The molecule has 0 amide bonds. The summed E-state index contributed by atoms with van der Waals surface area (Å²) in [4.78, 5) is 13.2. The minimum atomic E-state index is -0.684. The highest BCUT2D eigenvalue weighted by molar-refractivity contribution is 5.73. The van der Waals surface area contributed by atoms with E-state index in [-0.39, 0.29) is 6.04 Å². The lowest BCUT2D eigenvalue weighted by Gasteiger charge is -2.32. The topological polar surface area (TPSA) is 40.5 Å². The molecule has 92 valence electrons. The first-order valence-electron chi connectivity index (χ1n) is 6.19. The molecule has 1 atom stereocenters. The predicted octanol–water partition coefficient (Wildman–Crippen LogP) is 2.43. The Bertz CT molecular complexity index is 386. The highest BCUT2D eigenvalue weighted by Crippen LogP contribution is 2.20. The van der Waals surface area contributed by atoms with E-state index in [4.69, 9.17) is 0 Å². The van der Waals surface area contributed by atoms with Gasteiger partial charge < -0.3 is 5.11 Å². The molecule has 1 aromatic rings. The van der Waals surface area contributed by atoms with Crippen LogP contribution in [0.25, 0.3) is 0 Å². The van der Waals surface area contributed by atoms with Gasteiger partial charge in [-0.1, -0.05) is 36.2 Å². The number of hydrogen-bond donors (Lipinski definition) is 1. The lowest BCUT2D eigenvalue weighted by atomic mass is 10.0. The number of benzene rings is 1. The molecule has 3 nitrogen and oxygen atoms in total. The number of carbonyl (C=O) groups is 1. The third-order valence-corrected chi connectivity index (χ3v) is 3.40. The molecular weight excluding hydrogens is 214 g/mol. The standard InChI is InChI=1S/C14H19NO2/c1-11-5-7-12(8-6-11)10-15-9-3-2-4-13(15)14(16)17/h5-8,13H,2-4,9-10H2,1H3,(H,16,17)/t13-/m1/s1. The van der Waals surface area contributed by atoms with Crippen molar-refractivity contribution < 1.29 is 9.90 Å². The number of aliphatic carboxylic acids is 1. The number of aryl methyl sites for hydroxylation is 1. The van der Waals surface area contributed by atoms with Crippen LogP contribution in [0.15, 0.2) is 24.3 Å². The van der Waals surface area contributed by atoms with Crippen LogP contribution < -0.4 is 0 Å². The van der Waals surface area contributed by atoms with Gasteiger partial charge in [0, 0.05) is 6.54 Å². The second kappa shape index (κ2) is 5.32. The molecule has 0 spiro atoms. The van der Waals surface area contributed by atoms with E-state index in [1.807, 2.05) is 0 Å². The molecule has 0 aromatic heterocycles. The van der Waals surface area contributed by atoms with Crippen molar-refractivity contribution in [1.29, 1.82) is 0 Å². The Morgan fingerprint density at radius 1 is 1.35 bits per heavy atom. The molecule has 3 heteroatoms. The van der Waals surface area contributed by atoms with Crippen molar-refractivity contribution in [3.63, 3.8) is 0 Å². The van der Waals surface area contributed by atoms with E-state index in [9.17, 15) is 9.90 Å². The van der Waals surface area contributed by atoms with E-state index < -0.39 is 5.97 Å². The van der Waals surface area contributed by atoms with Crippen molar-refractivity contribution in [3.05, 3.63) is 35.4 Å². The molecule has 0 saturated carbocycles. The summed E-state index contributed by atoms with van der Waals surface area (Å²) >= 11 is 0. The van der Waals surface area contributed by atoms with Crippen molar-refractivity contribution in [1.82, 2.24) is 4.90 Å². The first kappa shape index (κ1) is 12.1. The van der Waals surface area contributed by atoms with E-state index in [1.165, 1.54) is 11.1 Å². The zero-order chi connectivity index (χ0) is 12.3. The van der Waals surface area contributed by atoms with Crippen molar-refractivity contribution in [3.8, 4) is 0 Å². The van der Waals surface area contributed by atoms with Gasteiger partial charge in [0.05, 0.1) is 0 Å². The van der Waals surface area contributed by atoms with Crippen molar-refractivity contribution in [2.45, 2.75) is 38.8 Å². The summed E-state index contributed by atoms with van der Waals surface area (Å²) in [5.74, 6) is -0.684. The van der Waals surface area contributed by atoms with Crippen molar-refractivity contribution in [2.24, 2.45) is 0 Å². The summed E-state index contributed by atoms with van der Waals surface area (Å²) in [5.41, 5.74) is 2.44. The van der Waals surface area contributed by atoms with Crippen LogP contribution in [0, 0.1) is 6.92 Å². The Hall–Kier alpha value is -1.35. The molecule has 0 aliphatic carbocycles. The molecular formula is C14H19NO2. The third-order valence-electron chi connectivity index (χ3n) is 3.40. The lowest BCUT2D eigenvalue weighted by Crippen LogP contribution is -2.43. The first-order valence-corrected chi connectivity index (χ1v) is 6.19. The smallest absolute Gasteiger partial charge is 0.320 e. The van der Waals surface area contributed by atoms with Crippen LogP contribution in [0.2, 0.25) is 0 Å². The van der Waals surface area contributed by atoms with Gasteiger partial charge in [0.15, 0.2) is 0 Å². The van der Waals surface area contributed by atoms with Crippen LogP contribution in [-0.4, -0.2) is 28.6 Å². The Morgan fingerprint density at radius 2 is 2.06 bits per heavy atom. The number of carboxylic acids is 1. The van der Waals surface area contributed by atoms with Gasteiger partial charge in [0.1, 0.15) is 6.04 Å². The fourth-order valence-electron chi connectivity index (χ4n) is 2.39. The van der Waals surface area contributed by atoms with E-state index in [0.717, 1.165) is 32.4 Å². The van der Waals surface area contributed by atoms with Gasteiger partial charge in [0.2, 0.25) is 0 Å². The van der Waals surface area contributed by atoms with Gasteiger partial charge >= 0.3 is 5.97 Å². The molecule has 1 fully saturated rings. The van der Waals surface area contributed by atoms with Gasteiger partial charge in [-0.3, -0.25) is 9.69 Å². The number of carboxylic acid groups (broad SMARTS) is 1. The Labute approximate surface area is 102 Å². The maximum atomic E-state index is 11.2. The molecule has 0 bridgehead atoms. The fourth-order valence-corrected chi connectivity index (χ4v) is 2.39. The van der Waals surface area contributed by atoms with Gasteiger partial charge in [0.25, 0.3) is 0 Å². The van der Waals surface area contributed by atoms with Gasteiger partial charge in [-0.15, -0.1) is 0 Å². The molecule has 1 saturated heterocycles. The first-order chi connectivity index (χ1) is 8.16. The molecule has 0 radical (unpaired) electrons. The monoisotopic (exact) mass is 233 g/mol. The number of likely N-dealkylation sites (tertiary alicyclic amines) is 1. The number of hydrogen-bond acceptors (Lipinski definition) is 2. The summed E-state index contributed by atoms with van der Waals surface area (Å²) in [5, 5.41) is 9.19. The predicted molar refractivity (Wildman–Crippen MR) is 66.9 cm³/mol. The average molecular weight is 233 g/mol. The van der Waals surface area contributed by atoms with Crippen LogP contribution >= 0.6 is 0 Å².